The average Bonchev–Trinajstić information content (AvgIpc) is 0.764. The Hall–Kier alpha value is -12.6. The maximum absolute atomic E-state index is 6.65. The van der Waals surface area contributed by atoms with Crippen molar-refractivity contribution < 1.29 is 8.83 Å². The second-order valence-electron chi connectivity index (χ2n) is 25.2. The summed E-state index contributed by atoms with van der Waals surface area (Å²) in [7, 11) is 0. The lowest BCUT2D eigenvalue weighted by atomic mass is 9.83. The zero-order chi connectivity index (χ0) is 63.2. The van der Waals surface area contributed by atoms with Gasteiger partial charge in [0.05, 0.1) is 0 Å². The third-order valence-corrected chi connectivity index (χ3v) is 19.9. The lowest BCUT2D eigenvalue weighted by Gasteiger charge is -2.19. The van der Waals surface area contributed by atoms with Crippen molar-refractivity contribution >= 4 is 119 Å². The smallest absolute Gasteiger partial charge is 0.136 e. The van der Waals surface area contributed by atoms with Crippen molar-refractivity contribution in [3.8, 4) is 77.9 Å². The molecule has 0 aliphatic heterocycles. The molecule has 0 saturated carbocycles. The molecule has 0 atom stereocenters. The first-order chi connectivity index (χ1) is 47.6. The van der Waals surface area contributed by atoms with Gasteiger partial charge in [0.1, 0.15) is 22.3 Å². The van der Waals surface area contributed by atoms with Crippen LogP contribution in [-0.2, 0) is 0 Å². The Morgan fingerprint density at radius 3 is 0.938 bits per heavy atom. The largest absolute Gasteiger partial charge is 0.456 e. The SMILES string of the molecule is c1ccc(-c2ccc(-c3ccc(-c4c5ccccc5c(-c5ccc6c(c5)oc5ccccc56)c5ccccc45)c4ccccc34)cc2)cc1.c1ccc2c(-c3ccc4c(c3)oc3cc(-c5c6ccccc6c(-c6cccc7ccccc67)c6ccccc56)ccc34)cccc2c1. The predicted octanol–water partition coefficient (Wildman–Crippen LogP) is 26.9. The maximum Gasteiger partial charge on any atom is 0.136 e. The van der Waals surface area contributed by atoms with Crippen LogP contribution in [0.4, 0.5) is 0 Å². The number of furan rings is 2. The van der Waals surface area contributed by atoms with Crippen LogP contribution in [0.25, 0.3) is 197 Å². The molecule has 96 heavy (non-hydrogen) atoms. The molecule has 20 aromatic rings. The van der Waals surface area contributed by atoms with Crippen LogP contribution >= 0.6 is 0 Å². The minimum absolute atomic E-state index is 0.902. The molecule has 18 aromatic carbocycles. The number of hydrogen-bond donors (Lipinski definition) is 0. The molecule has 0 unspecified atom stereocenters. The molecular weight excluding hydrogens is 1160 g/mol. The Morgan fingerprint density at radius 2 is 0.427 bits per heavy atom. The molecule has 0 aliphatic rings. The lowest BCUT2D eigenvalue weighted by molar-refractivity contribution is 0.669. The van der Waals surface area contributed by atoms with Crippen molar-refractivity contribution in [2.24, 2.45) is 0 Å². The summed E-state index contributed by atoms with van der Waals surface area (Å²) in [4.78, 5) is 0. The Kier molecular flexibility index (Phi) is 13.0. The van der Waals surface area contributed by atoms with Gasteiger partial charge < -0.3 is 8.83 Å². The zero-order valence-electron chi connectivity index (χ0n) is 52.3. The third kappa shape index (κ3) is 9.02. The van der Waals surface area contributed by atoms with E-state index in [9.17, 15) is 0 Å². The van der Waals surface area contributed by atoms with E-state index in [1.165, 1.54) is 137 Å². The number of rotatable bonds is 7. The molecule has 0 radical (unpaired) electrons. The summed E-state index contributed by atoms with van der Waals surface area (Å²) < 4.78 is 13.0. The van der Waals surface area contributed by atoms with Gasteiger partial charge in [-0.15, -0.1) is 0 Å². The summed E-state index contributed by atoms with van der Waals surface area (Å²) in [6, 6.07) is 127. The highest BCUT2D eigenvalue weighted by Crippen LogP contribution is 2.50. The Balaban J connectivity index is 0.000000135. The van der Waals surface area contributed by atoms with Crippen LogP contribution < -0.4 is 0 Å². The van der Waals surface area contributed by atoms with Gasteiger partial charge in [0.15, 0.2) is 0 Å². The predicted molar refractivity (Wildman–Crippen MR) is 408 cm³/mol. The van der Waals surface area contributed by atoms with Crippen LogP contribution in [0.1, 0.15) is 0 Å². The fourth-order valence-electron chi connectivity index (χ4n) is 15.6. The summed E-state index contributed by atoms with van der Waals surface area (Å²) in [6.07, 6.45) is 0. The molecule has 2 heterocycles. The molecule has 0 saturated heterocycles. The molecule has 2 heteroatoms. The summed E-state index contributed by atoms with van der Waals surface area (Å²) >= 11 is 0. The van der Waals surface area contributed by atoms with E-state index in [1.54, 1.807) is 0 Å². The Morgan fingerprint density at radius 1 is 0.135 bits per heavy atom. The van der Waals surface area contributed by atoms with Gasteiger partial charge in [-0.1, -0.05) is 309 Å². The molecule has 0 bridgehead atoms. The van der Waals surface area contributed by atoms with Gasteiger partial charge in [-0.25, -0.2) is 0 Å². The van der Waals surface area contributed by atoms with Crippen molar-refractivity contribution in [1.29, 1.82) is 0 Å². The Labute approximate surface area is 554 Å². The Bertz CT molecular complexity index is 6380. The van der Waals surface area contributed by atoms with Crippen molar-refractivity contribution in [2.45, 2.75) is 0 Å². The molecule has 0 N–H and O–H groups in total. The van der Waals surface area contributed by atoms with E-state index in [2.05, 4.69) is 340 Å². The van der Waals surface area contributed by atoms with Gasteiger partial charge in [0.2, 0.25) is 0 Å². The van der Waals surface area contributed by atoms with Gasteiger partial charge >= 0.3 is 0 Å². The lowest BCUT2D eigenvalue weighted by Crippen LogP contribution is -1.92. The van der Waals surface area contributed by atoms with Crippen LogP contribution in [0.3, 0.4) is 0 Å². The fraction of sp³-hybridized carbons (Fsp3) is 0. The van der Waals surface area contributed by atoms with Crippen molar-refractivity contribution in [3.63, 3.8) is 0 Å². The summed E-state index contributed by atoms with van der Waals surface area (Å²) in [5, 5.41) is 22.0. The number of fused-ring (bicyclic) bond motifs is 13. The first-order valence-electron chi connectivity index (χ1n) is 33.0. The number of para-hydroxylation sites is 1. The highest BCUT2D eigenvalue weighted by atomic mass is 16.3. The first-order valence-corrected chi connectivity index (χ1v) is 33.0. The standard InChI is InChI=1S/C48H30O.C46H28O/c1-2-12-31(13-3-1)32-22-24-33(25-23-32)35-28-29-44(37-15-5-4-14-36(35)37)48-42-19-8-6-17-40(42)47(41-18-7-9-20-43(41)48)34-26-27-39-38-16-10-11-21-45(38)49-46(39)30-34;1-3-15-33-29(11-1)13-9-21-35(33)31-23-25-36-37-26-24-32(28-44(37)47-43(36)27-31)45-39-17-5-7-19-41(39)46(42-20-8-6-18-40(42)45)38-22-10-14-30-12-2-4-16-34(30)38/h1-30H;1-28H. The second-order valence-corrected chi connectivity index (χ2v) is 25.2. The minimum atomic E-state index is 0.902. The maximum atomic E-state index is 6.65. The highest BCUT2D eigenvalue weighted by molar-refractivity contribution is 6.26. The molecule has 0 amide bonds. The molecule has 2 nitrogen and oxygen atoms in total. The quantitative estimate of drug-likeness (QED) is 0.149. The van der Waals surface area contributed by atoms with Crippen molar-refractivity contribution in [3.05, 3.63) is 352 Å². The van der Waals surface area contributed by atoms with E-state index in [0.29, 0.717) is 0 Å². The van der Waals surface area contributed by atoms with Crippen LogP contribution in [0.15, 0.2) is 361 Å². The van der Waals surface area contributed by atoms with E-state index in [-0.39, 0.29) is 0 Å². The van der Waals surface area contributed by atoms with Gasteiger partial charge in [-0.05, 0) is 196 Å². The van der Waals surface area contributed by atoms with Crippen LogP contribution in [0.5, 0.6) is 0 Å². The zero-order valence-corrected chi connectivity index (χ0v) is 52.3. The van der Waals surface area contributed by atoms with Gasteiger partial charge in [-0.2, -0.15) is 0 Å². The van der Waals surface area contributed by atoms with Crippen LogP contribution in [0.2, 0.25) is 0 Å². The highest BCUT2D eigenvalue weighted by Gasteiger charge is 2.23. The van der Waals surface area contributed by atoms with Gasteiger partial charge in [-0.3, -0.25) is 0 Å². The average molecular weight is 1220 g/mol. The van der Waals surface area contributed by atoms with E-state index in [1.807, 2.05) is 12.1 Å². The third-order valence-electron chi connectivity index (χ3n) is 19.9. The minimum Gasteiger partial charge on any atom is -0.456 e. The summed E-state index contributed by atoms with van der Waals surface area (Å²) in [5.74, 6) is 0. The molecule has 0 fully saturated rings. The molecule has 2 aromatic heterocycles. The molecule has 0 spiro atoms. The van der Waals surface area contributed by atoms with E-state index >= 15 is 0 Å². The van der Waals surface area contributed by atoms with Gasteiger partial charge in [0.25, 0.3) is 0 Å². The molecule has 446 valence electrons. The second kappa shape index (κ2) is 22.6. The van der Waals surface area contributed by atoms with Gasteiger partial charge in [0, 0.05) is 21.5 Å². The molecule has 20 rings (SSSR count). The molecular formula is C94H58O2. The van der Waals surface area contributed by atoms with Crippen molar-refractivity contribution in [1.82, 2.24) is 0 Å². The number of hydrogen-bond acceptors (Lipinski definition) is 2. The first kappa shape index (κ1) is 55.1. The topological polar surface area (TPSA) is 26.3 Å². The summed E-state index contributed by atoms with van der Waals surface area (Å²) in [5.41, 5.74) is 20.8. The molecule has 0 aliphatic carbocycles. The van der Waals surface area contributed by atoms with E-state index < -0.39 is 0 Å². The van der Waals surface area contributed by atoms with Crippen LogP contribution in [0, 0.1) is 0 Å². The normalized spacial score (nSPS) is 11.8. The number of benzene rings is 18. The monoisotopic (exact) mass is 1220 g/mol. The van der Waals surface area contributed by atoms with Crippen molar-refractivity contribution in [2.75, 3.05) is 0 Å². The van der Waals surface area contributed by atoms with E-state index in [4.69, 9.17) is 8.83 Å². The van der Waals surface area contributed by atoms with Crippen LogP contribution in [-0.4, -0.2) is 0 Å². The fourth-order valence-corrected chi connectivity index (χ4v) is 15.6. The summed E-state index contributed by atoms with van der Waals surface area (Å²) in [6.45, 7) is 0. The van der Waals surface area contributed by atoms with E-state index in [0.717, 1.165) is 60.6 Å².